The first kappa shape index (κ1) is 19.3. The predicted octanol–water partition coefficient (Wildman–Crippen LogP) is 1.39. The van der Waals surface area contributed by atoms with Gasteiger partial charge < -0.3 is 24.0 Å². The highest BCUT2D eigenvalue weighted by molar-refractivity contribution is 5.84. The van der Waals surface area contributed by atoms with Crippen LogP contribution in [0.4, 0.5) is 22.4 Å². The van der Waals surface area contributed by atoms with Gasteiger partial charge in [-0.05, 0) is 24.3 Å². The van der Waals surface area contributed by atoms with E-state index >= 15 is 0 Å². The van der Waals surface area contributed by atoms with E-state index in [0.717, 1.165) is 31.7 Å². The number of benzene rings is 1. The Morgan fingerprint density at radius 3 is 1.90 bits per heavy atom. The van der Waals surface area contributed by atoms with E-state index < -0.39 is 6.09 Å². The first-order valence-corrected chi connectivity index (χ1v) is 9.60. The van der Waals surface area contributed by atoms with Crippen LogP contribution in [0.1, 0.15) is 0 Å². The summed E-state index contributed by atoms with van der Waals surface area (Å²) < 4.78 is 15.5. The van der Waals surface area contributed by atoms with Gasteiger partial charge in [-0.25, -0.2) is 4.79 Å². The number of anilines is 3. The Labute approximate surface area is 168 Å². The molecule has 0 unspecified atom stereocenters. The molecule has 1 amide bonds. The second kappa shape index (κ2) is 9.01. The van der Waals surface area contributed by atoms with Crippen LogP contribution in [0.3, 0.4) is 0 Å². The van der Waals surface area contributed by atoms with Crippen LogP contribution in [0.2, 0.25) is 0 Å². The summed E-state index contributed by atoms with van der Waals surface area (Å²) in [5, 5.41) is 2.64. The maximum absolute atomic E-state index is 11.4. The van der Waals surface area contributed by atoms with Crippen LogP contribution >= 0.6 is 0 Å². The minimum Gasteiger partial charge on any atom is -0.453 e. The molecule has 0 radical (unpaired) electrons. The third kappa shape index (κ3) is 4.72. The van der Waals surface area contributed by atoms with Crippen molar-refractivity contribution in [2.45, 2.75) is 0 Å². The smallest absolute Gasteiger partial charge is 0.411 e. The van der Waals surface area contributed by atoms with Crippen LogP contribution in [0.15, 0.2) is 24.3 Å². The zero-order valence-electron chi connectivity index (χ0n) is 16.3. The van der Waals surface area contributed by atoms with Gasteiger partial charge in [0.1, 0.15) is 0 Å². The average Bonchev–Trinajstić information content (AvgIpc) is 2.80. The Hall–Kier alpha value is -2.98. The average molecular weight is 400 g/mol. The second-order valence-electron chi connectivity index (χ2n) is 6.65. The van der Waals surface area contributed by atoms with E-state index in [1.54, 1.807) is 12.1 Å². The number of hydrogen-bond donors (Lipinski definition) is 1. The maximum Gasteiger partial charge on any atom is 0.411 e. The second-order valence-corrected chi connectivity index (χ2v) is 6.65. The normalized spacial score (nSPS) is 17.1. The summed E-state index contributed by atoms with van der Waals surface area (Å²) in [4.78, 5) is 29.7. The highest BCUT2D eigenvalue weighted by atomic mass is 16.5. The molecule has 2 aliphatic rings. The van der Waals surface area contributed by atoms with Crippen molar-refractivity contribution in [1.82, 2.24) is 15.0 Å². The van der Waals surface area contributed by atoms with Crippen LogP contribution in [-0.2, 0) is 14.2 Å². The fourth-order valence-electron chi connectivity index (χ4n) is 3.16. The standard InChI is InChI=1S/C19H24N6O4/c1-27-19(26)20-15-4-2-14(3-5-15)16-21-17(24-6-10-28-11-7-24)23-18(22-16)25-8-12-29-13-9-25/h2-5H,6-13H2,1H3,(H,20,26). The third-order valence-corrected chi connectivity index (χ3v) is 4.77. The largest absolute Gasteiger partial charge is 0.453 e. The van der Waals surface area contributed by atoms with Crippen LogP contribution < -0.4 is 15.1 Å². The minimum atomic E-state index is -0.512. The minimum absolute atomic E-state index is 0.512. The molecule has 0 atom stereocenters. The molecular formula is C19H24N6O4. The lowest BCUT2D eigenvalue weighted by molar-refractivity contribution is 0.121. The Balaban J connectivity index is 1.64. The SMILES string of the molecule is COC(=O)Nc1ccc(-c2nc(N3CCOCC3)nc(N3CCOCC3)n2)cc1. The van der Waals surface area contributed by atoms with Gasteiger partial charge in [0.25, 0.3) is 0 Å². The lowest BCUT2D eigenvalue weighted by Crippen LogP contribution is -2.40. The maximum atomic E-state index is 11.4. The highest BCUT2D eigenvalue weighted by Gasteiger charge is 2.21. The molecule has 154 valence electrons. The van der Waals surface area contributed by atoms with Crippen LogP contribution in [0.5, 0.6) is 0 Å². The first-order chi connectivity index (χ1) is 14.2. The Morgan fingerprint density at radius 2 is 1.41 bits per heavy atom. The van der Waals surface area contributed by atoms with E-state index in [1.807, 2.05) is 12.1 Å². The van der Waals surface area contributed by atoms with E-state index in [9.17, 15) is 4.79 Å². The van der Waals surface area contributed by atoms with Crippen molar-refractivity contribution in [3.8, 4) is 11.4 Å². The van der Waals surface area contributed by atoms with Gasteiger partial charge in [0.05, 0.1) is 33.5 Å². The van der Waals surface area contributed by atoms with E-state index in [2.05, 4.69) is 19.9 Å². The predicted molar refractivity (Wildman–Crippen MR) is 107 cm³/mol. The molecule has 0 saturated carbocycles. The monoisotopic (exact) mass is 400 g/mol. The number of nitrogens with zero attached hydrogens (tertiary/aromatic N) is 5. The molecule has 1 aromatic carbocycles. The topological polar surface area (TPSA) is 102 Å². The lowest BCUT2D eigenvalue weighted by Gasteiger charge is -2.30. The van der Waals surface area contributed by atoms with Crippen LogP contribution in [-0.4, -0.2) is 80.8 Å². The zero-order valence-corrected chi connectivity index (χ0v) is 16.3. The number of ether oxygens (including phenoxy) is 3. The number of aromatic nitrogens is 3. The summed E-state index contributed by atoms with van der Waals surface area (Å²) in [5.74, 6) is 1.89. The summed E-state index contributed by atoms with van der Waals surface area (Å²) in [5.41, 5.74) is 1.48. The van der Waals surface area contributed by atoms with Crippen molar-refractivity contribution in [3.05, 3.63) is 24.3 Å². The van der Waals surface area contributed by atoms with Crippen molar-refractivity contribution in [2.75, 3.05) is 74.8 Å². The van der Waals surface area contributed by atoms with Crippen molar-refractivity contribution >= 4 is 23.7 Å². The van der Waals surface area contributed by atoms with Gasteiger partial charge in [-0.1, -0.05) is 0 Å². The summed E-state index contributed by atoms with van der Waals surface area (Å²) in [6, 6.07) is 7.32. The molecule has 0 bridgehead atoms. The van der Waals surface area contributed by atoms with E-state index in [1.165, 1.54) is 7.11 Å². The molecule has 2 aliphatic heterocycles. The third-order valence-electron chi connectivity index (χ3n) is 4.77. The Bertz CT molecular complexity index is 799. The molecule has 0 aliphatic carbocycles. The van der Waals surface area contributed by atoms with Crippen molar-refractivity contribution in [2.24, 2.45) is 0 Å². The van der Waals surface area contributed by atoms with E-state index in [-0.39, 0.29) is 0 Å². The molecule has 2 saturated heterocycles. The fourth-order valence-corrected chi connectivity index (χ4v) is 3.16. The van der Waals surface area contributed by atoms with Crippen molar-refractivity contribution in [1.29, 1.82) is 0 Å². The molecular weight excluding hydrogens is 376 g/mol. The zero-order chi connectivity index (χ0) is 20.1. The summed E-state index contributed by atoms with van der Waals surface area (Å²) >= 11 is 0. The number of nitrogens with one attached hydrogen (secondary N) is 1. The highest BCUT2D eigenvalue weighted by Crippen LogP contribution is 2.24. The van der Waals surface area contributed by atoms with Gasteiger partial charge >= 0.3 is 6.09 Å². The van der Waals surface area contributed by atoms with Gasteiger partial charge in [0.2, 0.25) is 11.9 Å². The number of methoxy groups -OCH3 is 1. The van der Waals surface area contributed by atoms with E-state index in [4.69, 9.17) is 24.4 Å². The van der Waals surface area contributed by atoms with Gasteiger partial charge in [0.15, 0.2) is 5.82 Å². The van der Waals surface area contributed by atoms with Gasteiger partial charge in [0, 0.05) is 37.4 Å². The number of amides is 1. The Morgan fingerprint density at radius 1 is 0.897 bits per heavy atom. The van der Waals surface area contributed by atoms with Gasteiger partial charge in [-0.15, -0.1) is 0 Å². The number of carbonyl (C=O) groups is 1. The van der Waals surface area contributed by atoms with Gasteiger partial charge in [-0.2, -0.15) is 15.0 Å². The molecule has 2 fully saturated rings. The molecule has 3 heterocycles. The molecule has 1 aromatic heterocycles. The lowest BCUT2D eigenvalue weighted by atomic mass is 10.2. The van der Waals surface area contributed by atoms with Crippen molar-refractivity contribution < 1.29 is 19.0 Å². The first-order valence-electron chi connectivity index (χ1n) is 9.60. The molecule has 2 aromatic rings. The Kier molecular flexibility index (Phi) is 6.01. The summed E-state index contributed by atoms with van der Waals surface area (Å²) in [6.45, 7) is 5.59. The summed E-state index contributed by atoms with van der Waals surface area (Å²) in [7, 11) is 1.33. The number of rotatable bonds is 4. The van der Waals surface area contributed by atoms with Crippen LogP contribution in [0, 0.1) is 0 Å². The quantitative estimate of drug-likeness (QED) is 0.815. The number of carbonyl (C=O) groups excluding carboxylic acids is 1. The molecule has 0 spiro atoms. The number of hydrogen-bond acceptors (Lipinski definition) is 9. The molecule has 10 nitrogen and oxygen atoms in total. The fraction of sp³-hybridized carbons (Fsp3) is 0.474. The molecule has 4 rings (SSSR count). The van der Waals surface area contributed by atoms with Crippen molar-refractivity contribution in [3.63, 3.8) is 0 Å². The van der Waals surface area contributed by atoms with Crippen LogP contribution in [0.25, 0.3) is 11.4 Å². The molecule has 1 N–H and O–H groups in total. The summed E-state index contributed by atoms with van der Waals surface area (Å²) in [6.07, 6.45) is -0.512. The van der Waals surface area contributed by atoms with E-state index in [0.29, 0.717) is 49.8 Å². The molecule has 29 heavy (non-hydrogen) atoms. The van der Waals surface area contributed by atoms with Gasteiger partial charge in [-0.3, -0.25) is 5.32 Å². The molecule has 10 heteroatoms. The number of morpholine rings is 2.